The summed E-state index contributed by atoms with van der Waals surface area (Å²) < 4.78 is 6.32. The van der Waals surface area contributed by atoms with Gasteiger partial charge in [-0.15, -0.1) is 0 Å². The third-order valence-corrected chi connectivity index (χ3v) is 12.1. The average molecular weight is 692 g/mol. The molecule has 0 saturated carbocycles. The standard InChI is InChI=1S/C52H37NO/c1-51(2)45-23-10-6-19-39(45)42-29-27-38(33-48(42)51)53(37-28-30-50-44(32-37)43-22-9-13-26-49(43)54-50)36-18-14-17-35(31-36)52(34-15-4-3-5-16-34)46-24-11-7-20-40(46)41-21-8-12-25-47(41)52/h3-33H,1-2H3. The summed E-state index contributed by atoms with van der Waals surface area (Å²) in [7, 11) is 0. The number of hydrogen-bond donors (Lipinski definition) is 0. The van der Waals surface area contributed by atoms with Crippen molar-refractivity contribution in [1.82, 2.24) is 0 Å². The number of benzene rings is 8. The lowest BCUT2D eigenvalue weighted by molar-refractivity contribution is 0.660. The second-order valence-electron chi connectivity index (χ2n) is 15.3. The van der Waals surface area contributed by atoms with E-state index >= 15 is 0 Å². The monoisotopic (exact) mass is 691 g/mol. The van der Waals surface area contributed by atoms with Crippen molar-refractivity contribution < 1.29 is 4.42 Å². The van der Waals surface area contributed by atoms with E-state index in [4.69, 9.17) is 4.42 Å². The number of nitrogens with zero attached hydrogens (tertiary/aromatic N) is 1. The molecule has 0 fully saturated rings. The molecule has 0 N–H and O–H groups in total. The third kappa shape index (κ3) is 4.22. The van der Waals surface area contributed by atoms with Crippen LogP contribution in [0, 0.1) is 0 Å². The fraction of sp³-hybridized carbons (Fsp3) is 0.0769. The molecule has 256 valence electrons. The molecule has 54 heavy (non-hydrogen) atoms. The first-order valence-corrected chi connectivity index (χ1v) is 18.8. The van der Waals surface area contributed by atoms with Crippen molar-refractivity contribution in [2.45, 2.75) is 24.7 Å². The van der Waals surface area contributed by atoms with Gasteiger partial charge in [-0.3, -0.25) is 0 Å². The van der Waals surface area contributed by atoms with Gasteiger partial charge in [-0.05, 0) is 104 Å². The molecule has 0 bridgehead atoms. The van der Waals surface area contributed by atoms with Gasteiger partial charge in [-0.25, -0.2) is 0 Å². The Morgan fingerprint density at radius 2 is 0.907 bits per heavy atom. The lowest BCUT2D eigenvalue weighted by Gasteiger charge is -2.35. The molecular weight excluding hydrogens is 655 g/mol. The van der Waals surface area contributed by atoms with Crippen LogP contribution < -0.4 is 4.90 Å². The Morgan fingerprint density at radius 1 is 0.370 bits per heavy atom. The molecule has 2 nitrogen and oxygen atoms in total. The zero-order valence-electron chi connectivity index (χ0n) is 30.3. The summed E-state index contributed by atoms with van der Waals surface area (Å²) in [6.07, 6.45) is 0. The predicted molar refractivity (Wildman–Crippen MR) is 223 cm³/mol. The van der Waals surface area contributed by atoms with Gasteiger partial charge in [0.15, 0.2) is 0 Å². The van der Waals surface area contributed by atoms with E-state index in [1.807, 2.05) is 6.07 Å². The predicted octanol–water partition coefficient (Wildman–Crippen LogP) is 13.7. The Balaban J connectivity index is 1.17. The van der Waals surface area contributed by atoms with Crippen molar-refractivity contribution in [2.24, 2.45) is 0 Å². The smallest absolute Gasteiger partial charge is 0.135 e. The van der Waals surface area contributed by atoms with Gasteiger partial charge in [0, 0.05) is 33.2 Å². The Bertz CT molecular complexity index is 2890. The molecule has 2 heteroatoms. The highest BCUT2D eigenvalue weighted by molar-refractivity contribution is 6.06. The van der Waals surface area contributed by atoms with E-state index in [0.29, 0.717) is 0 Å². The lowest BCUT2D eigenvalue weighted by atomic mass is 9.67. The second-order valence-corrected chi connectivity index (χ2v) is 15.3. The van der Waals surface area contributed by atoms with E-state index in [1.165, 1.54) is 55.6 Å². The van der Waals surface area contributed by atoms with Gasteiger partial charge in [-0.1, -0.05) is 153 Å². The quantitative estimate of drug-likeness (QED) is 0.179. The van der Waals surface area contributed by atoms with Crippen LogP contribution in [0.15, 0.2) is 192 Å². The van der Waals surface area contributed by atoms with Gasteiger partial charge in [0.05, 0.1) is 5.41 Å². The first-order chi connectivity index (χ1) is 26.5. The average Bonchev–Trinajstić information content (AvgIpc) is 3.82. The minimum absolute atomic E-state index is 0.130. The first-order valence-electron chi connectivity index (χ1n) is 18.8. The zero-order valence-corrected chi connectivity index (χ0v) is 30.3. The van der Waals surface area contributed by atoms with Crippen LogP contribution in [0.3, 0.4) is 0 Å². The number of anilines is 3. The van der Waals surface area contributed by atoms with Crippen LogP contribution in [-0.2, 0) is 10.8 Å². The minimum atomic E-state index is -0.498. The van der Waals surface area contributed by atoms with Crippen molar-refractivity contribution >= 4 is 39.0 Å². The van der Waals surface area contributed by atoms with E-state index in [-0.39, 0.29) is 5.41 Å². The molecule has 11 rings (SSSR count). The summed E-state index contributed by atoms with van der Waals surface area (Å²) >= 11 is 0. The van der Waals surface area contributed by atoms with Gasteiger partial charge in [0.25, 0.3) is 0 Å². The summed E-state index contributed by atoms with van der Waals surface area (Å²) in [6.45, 7) is 4.71. The molecule has 0 atom stereocenters. The number of rotatable bonds is 5. The fourth-order valence-corrected chi connectivity index (χ4v) is 9.72. The van der Waals surface area contributed by atoms with Crippen molar-refractivity contribution in [3.63, 3.8) is 0 Å². The van der Waals surface area contributed by atoms with E-state index < -0.39 is 5.41 Å². The van der Waals surface area contributed by atoms with Crippen molar-refractivity contribution in [2.75, 3.05) is 4.90 Å². The molecule has 0 spiro atoms. The first kappa shape index (κ1) is 30.9. The molecule has 8 aromatic carbocycles. The van der Waals surface area contributed by atoms with Crippen LogP contribution in [-0.4, -0.2) is 0 Å². The summed E-state index contributed by atoms with van der Waals surface area (Å²) in [4.78, 5) is 2.44. The highest BCUT2D eigenvalue weighted by Gasteiger charge is 2.46. The zero-order chi connectivity index (χ0) is 36.0. The largest absolute Gasteiger partial charge is 0.456 e. The third-order valence-electron chi connectivity index (χ3n) is 12.1. The van der Waals surface area contributed by atoms with Gasteiger partial charge in [-0.2, -0.15) is 0 Å². The van der Waals surface area contributed by atoms with Crippen LogP contribution >= 0.6 is 0 Å². The van der Waals surface area contributed by atoms with Crippen molar-refractivity contribution in [3.05, 3.63) is 221 Å². The van der Waals surface area contributed by atoms with Crippen molar-refractivity contribution in [3.8, 4) is 22.3 Å². The van der Waals surface area contributed by atoms with Gasteiger partial charge >= 0.3 is 0 Å². The van der Waals surface area contributed by atoms with E-state index in [1.54, 1.807) is 0 Å². The maximum absolute atomic E-state index is 6.32. The van der Waals surface area contributed by atoms with Gasteiger partial charge < -0.3 is 9.32 Å². The number of fused-ring (bicyclic) bond motifs is 9. The lowest BCUT2D eigenvalue weighted by Crippen LogP contribution is -2.28. The molecule has 0 saturated heterocycles. The number of furan rings is 1. The minimum Gasteiger partial charge on any atom is -0.456 e. The molecule has 9 aromatic rings. The van der Waals surface area contributed by atoms with E-state index in [0.717, 1.165) is 39.0 Å². The second kappa shape index (κ2) is 11.4. The SMILES string of the molecule is CC1(C)c2ccccc2-c2ccc(N(c3cccc(C4(c5ccccc5)c5ccccc5-c5ccccc54)c3)c3ccc4oc5ccccc5c4c3)cc21. The maximum Gasteiger partial charge on any atom is 0.135 e. The highest BCUT2D eigenvalue weighted by Crippen LogP contribution is 2.57. The maximum atomic E-state index is 6.32. The Morgan fingerprint density at radius 3 is 1.67 bits per heavy atom. The van der Waals surface area contributed by atoms with Crippen molar-refractivity contribution in [1.29, 1.82) is 0 Å². The Kier molecular flexibility index (Phi) is 6.55. The Labute approximate surface area is 315 Å². The molecule has 0 radical (unpaired) electrons. The van der Waals surface area contributed by atoms with Crippen LogP contribution in [0.25, 0.3) is 44.2 Å². The molecule has 0 amide bonds. The molecular formula is C52H37NO. The van der Waals surface area contributed by atoms with E-state index in [2.05, 4.69) is 201 Å². The fourth-order valence-electron chi connectivity index (χ4n) is 9.72. The van der Waals surface area contributed by atoms with Gasteiger partial charge in [0.1, 0.15) is 11.2 Å². The molecule has 0 unspecified atom stereocenters. The molecule has 1 aromatic heterocycles. The molecule has 1 heterocycles. The Hall–Kier alpha value is -6.64. The van der Waals surface area contributed by atoms with Crippen LogP contribution in [0.5, 0.6) is 0 Å². The summed E-state index contributed by atoms with van der Waals surface area (Å²) in [5, 5.41) is 2.23. The molecule has 2 aliphatic rings. The van der Waals surface area contributed by atoms with Crippen LogP contribution in [0.1, 0.15) is 47.2 Å². The topological polar surface area (TPSA) is 16.4 Å². The number of hydrogen-bond acceptors (Lipinski definition) is 2. The molecule has 2 aliphatic carbocycles. The molecule has 0 aliphatic heterocycles. The van der Waals surface area contributed by atoms with Crippen LogP contribution in [0.4, 0.5) is 17.1 Å². The highest BCUT2D eigenvalue weighted by atomic mass is 16.3. The summed E-state index contributed by atoms with van der Waals surface area (Å²) in [5.74, 6) is 0. The number of para-hydroxylation sites is 1. The summed E-state index contributed by atoms with van der Waals surface area (Å²) in [6, 6.07) is 69.1. The van der Waals surface area contributed by atoms with E-state index in [9.17, 15) is 0 Å². The van der Waals surface area contributed by atoms with Crippen LogP contribution in [0.2, 0.25) is 0 Å². The van der Waals surface area contributed by atoms with Gasteiger partial charge in [0.2, 0.25) is 0 Å². The normalized spacial score (nSPS) is 14.4. The summed E-state index contributed by atoms with van der Waals surface area (Å²) in [5.41, 5.74) is 17.5.